The highest BCUT2D eigenvalue weighted by atomic mass is 16.4. The summed E-state index contributed by atoms with van der Waals surface area (Å²) in [5.41, 5.74) is 1.55. The molecule has 0 spiro atoms. The number of nitrogens with one attached hydrogen (secondary N) is 2. The normalized spacial score (nSPS) is 11.6. The Morgan fingerprint density at radius 1 is 1.15 bits per heavy atom. The summed E-state index contributed by atoms with van der Waals surface area (Å²) >= 11 is 0. The Bertz CT molecular complexity index is 1300. The first-order valence-corrected chi connectivity index (χ1v) is 10.2. The number of aliphatic carboxylic acids is 2. The maximum Gasteiger partial charge on any atom is 0.326 e. The molecule has 0 bridgehead atoms. The van der Waals surface area contributed by atoms with Gasteiger partial charge in [-0.05, 0) is 49.2 Å². The number of aromatic amines is 1. The number of carboxylic acid groups (broad SMARTS) is 2. The molecule has 2 aromatic carbocycles. The SMILES string of the molecule is Cc1nc2ccc(N(C=O)Cc3ccc(C(=O)NC(CCC(=O)O)C(=O)O)cc3)cc2c(=O)[nH]1. The average molecular weight is 466 g/mol. The summed E-state index contributed by atoms with van der Waals surface area (Å²) in [5, 5.41) is 20.6. The van der Waals surface area contributed by atoms with E-state index >= 15 is 0 Å². The summed E-state index contributed by atoms with van der Waals surface area (Å²) in [6.07, 6.45) is -0.0159. The Hall–Kier alpha value is -4.54. The fourth-order valence-corrected chi connectivity index (χ4v) is 3.34. The van der Waals surface area contributed by atoms with Gasteiger partial charge in [-0.3, -0.25) is 19.2 Å². The Morgan fingerprint density at radius 2 is 1.85 bits per heavy atom. The van der Waals surface area contributed by atoms with Gasteiger partial charge in [-0.15, -0.1) is 0 Å². The summed E-state index contributed by atoms with van der Waals surface area (Å²) in [5.74, 6) is -2.66. The van der Waals surface area contributed by atoms with Crippen LogP contribution in [0, 0.1) is 6.92 Å². The lowest BCUT2D eigenvalue weighted by Gasteiger charge is -2.18. The van der Waals surface area contributed by atoms with Crippen molar-refractivity contribution in [1.82, 2.24) is 15.3 Å². The number of carbonyl (C=O) groups is 4. The number of hydrogen-bond donors (Lipinski definition) is 4. The first kappa shape index (κ1) is 24.1. The molecule has 11 heteroatoms. The largest absolute Gasteiger partial charge is 0.481 e. The molecule has 4 N–H and O–H groups in total. The summed E-state index contributed by atoms with van der Waals surface area (Å²) in [6.45, 7) is 1.83. The number of hydrogen-bond acceptors (Lipinski definition) is 6. The first-order chi connectivity index (χ1) is 16.2. The molecule has 34 heavy (non-hydrogen) atoms. The minimum absolute atomic E-state index is 0.157. The van der Waals surface area contributed by atoms with E-state index in [9.17, 15) is 29.1 Å². The van der Waals surface area contributed by atoms with Gasteiger partial charge >= 0.3 is 11.9 Å². The van der Waals surface area contributed by atoms with E-state index in [1.54, 1.807) is 37.3 Å². The zero-order valence-electron chi connectivity index (χ0n) is 18.1. The van der Waals surface area contributed by atoms with Crippen molar-refractivity contribution in [3.8, 4) is 0 Å². The van der Waals surface area contributed by atoms with Crippen LogP contribution in [0.2, 0.25) is 0 Å². The molecule has 0 aliphatic carbocycles. The van der Waals surface area contributed by atoms with Crippen molar-refractivity contribution in [2.75, 3.05) is 4.90 Å². The third-order valence-electron chi connectivity index (χ3n) is 5.09. The van der Waals surface area contributed by atoms with Crippen LogP contribution < -0.4 is 15.8 Å². The molecule has 1 heterocycles. The molecule has 3 aromatic rings. The number of carbonyl (C=O) groups excluding carboxylic acids is 2. The number of aromatic nitrogens is 2. The van der Waals surface area contributed by atoms with Crippen LogP contribution >= 0.6 is 0 Å². The van der Waals surface area contributed by atoms with Gasteiger partial charge in [-0.25, -0.2) is 9.78 Å². The number of aryl methyl sites for hydroxylation is 1. The minimum Gasteiger partial charge on any atom is -0.481 e. The van der Waals surface area contributed by atoms with Crippen molar-refractivity contribution in [2.24, 2.45) is 0 Å². The minimum atomic E-state index is -1.33. The number of fused-ring (bicyclic) bond motifs is 1. The number of amides is 2. The number of H-pyrrole nitrogens is 1. The molecular weight excluding hydrogens is 444 g/mol. The summed E-state index contributed by atoms with van der Waals surface area (Å²) < 4.78 is 0. The molecule has 0 saturated heterocycles. The van der Waals surface area contributed by atoms with E-state index in [0.717, 1.165) is 0 Å². The van der Waals surface area contributed by atoms with Gasteiger partial charge in [-0.1, -0.05) is 12.1 Å². The van der Waals surface area contributed by atoms with Crippen molar-refractivity contribution in [3.05, 3.63) is 69.8 Å². The predicted molar refractivity (Wildman–Crippen MR) is 122 cm³/mol. The van der Waals surface area contributed by atoms with Crippen molar-refractivity contribution in [3.63, 3.8) is 0 Å². The van der Waals surface area contributed by atoms with Crippen LogP contribution in [0.15, 0.2) is 47.3 Å². The second-order valence-corrected chi connectivity index (χ2v) is 7.58. The highest BCUT2D eigenvalue weighted by Crippen LogP contribution is 2.20. The Kier molecular flexibility index (Phi) is 7.36. The monoisotopic (exact) mass is 466 g/mol. The Balaban J connectivity index is 1.72. The third-order valence-corrected chi connectivity index (χ3v) is 5.09. The van der Waals surface area contributed by atoms with Crippen LogP contribution in [-0.4, -0.2) is 50.5 Å². The van der Waals surface area contributed by atoms with E-state index in [1.165, 1.54) is 17.0 Å². The molecule has 3 rings (SSSR count). The van der Waals surface area contributed by atoms with E-state index < -0.39 is 30.3 Å². The molecule has 0 aliphatic heterocycles. The molecule has 0 saturated carbocycles. The lowest BCUT2D eigenvalue weighted by atomic mass is 10.1. The van der Waals surface area contributed by atoms with Crippen LogP contribution in [0.4, 0.5) is 5.69 Å². The fraction of sp³-hybridized carbons (Fsp3) is 0.217. The maximum atomic E-state index is 12.4. The first-order valence-electron chi connectivity index (χ1n) is 10.2. The highest BCUT2D eigenvalue weighted by Gasteiger charge is 2.21. The maximum absolute atomic E-state index is 12.4. The van der Waals surface area contributed by atoms with Crippen LogP contribution in [0.3, 0.4) is 0 Å². The Labute approximate surface area is 193 Å². The summed E-state index contributed by atoms with van der Waals surface area (Å²) in [4.78, 5) is 66.5. The lowest BCUT2D eigenvalue weighted by molar-refractivity contribution is -0.140. The van der Waals surface area contributed by atoms with Gasteiger partial charge in [0.25, 0.3) is 11.5 Å². The zero-order chi connectivity index (χ0) is 24.8. The molecule has 2 amide bonds. The van der Waals surface area contributed by atoms with E-state index in [0.29, 0.717) is 34.4 Å². The lowest BCUT2D eigenvalue weighted by Crippen LogP contribution is -2.41. The van der Waals surface area contributed by atoms with Gasteiger partial charge in [0.2, 0.25) is 6.41 Å². The Morgan fingerprint density at radius 3 is 2.47 bits per heavy atom. The molecule has 176 valence electrons. The number of benzene rings is 2. The van der Waals surface area contributed by atoms with E-state index in [4.69, 9.17) is 5.11 Å². The van der Waals surface area contributed by atoms with Gasteiger partial charge in [0.15, 0.2) is 0 Å². The third kappa shape index (κ3) is 5.82. The van der Waals surface area contributed by atoms with Crippen LogP contribution in [0.1, 0.15) is 34.6 Å². The van der Waals surface area contributed by atoms with Crippen LogP contribution in [-0.2, 0) is 20.9 Å². The summed E-state index contributed by atoms with van der Waals surface area (Å²) in [6, 6.07) is 9.73. The highest BCUT2D eigenvalue weighted by molar-refractivity contribution is 5.96. The summed E-state index contributed by atoms with van der Waals surface area (Å²) in [7, 11) is 0. The van der Waals surface area contributed by atoms with Gasteiger partial charge in [0.05, 0.1) is 17.4 Å². The molecule has 1 unspecified atom stereocenters. The standard InChI is InChI=1S/C23H22N4O7/c1-13-24-18-7-6-16(10-17(18)22(32)25-13)27(12-28)11-14-2-4-15(5-3-14)21(31)26-19(23(33)34)8-9-20(29)30/h2-7,10,12,19H,8-9,11H2,1H3,(H,26,31)(H,29,30)(H,33,34)(H,24,25,32). The molecule has 11 nitrogen and oxygen atoms in total. The number of anilines is 1. The van der Waals surface area contributed by atoms with Gasteiger partial charge in [0, 0.05) is 17.7 Å². The second kappa shape index (κ2) is 10.4. The average Bonchev–Trinajstić information content (AvgIpc) is 2.80. The second-order valence-electron chi connectivity index (χ2n) is 7.58. The number of rotatable bonds is 10. The van der Waals surface area contributed by atoms with E-state index in [-0.39, 0.29) is 24.1 Å². The van der Waals surface area contributed by atoms with Gasteiger partial charge in [0.1, 0.15) is 11.9 Å². The van der Waals surface area contributed by atoms with Crippen molar-refractivity contribution >= 4 is 40.8 Å². The zero-order valence-corrected chi connectivity index (χ0v) is 18.1. The van der Waals surface area contributed by atoms with Gasteiger partial charge < -0.3 is 25.4 Å². The van der Waals surface area contributed by atoms with Crippen molar-refractivity contribution in [1.29, 1.82) is 0 Å². The van der Waals surface area contributed by atoms with E-state index in [1.807, 2.05) is 0 Å². The van der Waals surface area contributed by atoms with Crippen molar-refractivity contribution in [2.45, 2.75) is 32.4 Å². The molecule has 0 radical (unpaired) electrons. The fourth-order valence-electron chi connectivity index (χ4n) is 3.34. The molecule has 1 aromatic heterocycles. The molecule has 0 aliphatic rings. The molecular formula is C23H22N4O7. The van der Waals surface area contributed by atoms with E-state index in [2.05, 4.69) is 15.3 Å². The van der Waals surface area contributed by atoms with Crippen LogP contribution in [0.25, 0.3) is 10.9 Å². The number of carboxylic acids is 2. The number of nitrogens with zero attached hydrogens (tertiary/aromatic N) is 2. The molecule has 0 fully saturated rings. The topological polar surface area (TPSA) is 170 Å². The smallest absolute Gasteiger partial charge is 0.326 e. The molecule has 1 atom stereocenters. The van der Waals surface area contributed by atoms with Crippen LogP contribution in [0.5, 0.6) is 0 Å². The predicted octanol–water partition coefficient (Wildman–Crippen LogP) is 1.44. The quantitative estimate of drug-likeness (QED) is 0.325. The van der Waals surface area contributed by atoms with Crippen molar-refractivity contribution < 1.29 is 29.4 Å². The van der Waals surface area contributed by atoms with Gasteiger partial charge in [-0.2, -0.15) is 0 Å².